The molecule has 1 fully saturated rings. The molecule has 1 saturated heterocycles. The zero-order valence-electron chi connectivity index (χ0n) is 18.0. The van der Waals surface area contributed by atoms with Gasteiger partial charge in [-0.2, -0.15) is 4.98 Å². The summed E-state index contributed by atoms with van der Waals surface area (Å²) in [5.41, 5.74) is 6.81. The second-order valence-electron chi connectivity index (χ2n) is 7.52. The van der Waals surface area contributed by atoms with Gasteiger partial charge in [0.2, 0.25) is 17.6 Å². The molecule has 2 atom stereocenters. The minimum Gasteiger partial charge on any atom is -0.494 e. The maximum absolute atomic E-state index is 13.9. The lowest BCUT2D eigenvalue weighted by Gasteiger charge is -2.32. The standard InChI is InChI=1S/C22H20F2N6O3S/c1-2-32-14-5-3-4-12(8-14)19-26-18(33-29-19)11-34-22-27-20-15(10-25-28-20)21(31)30(22)13-6-7-16(23)17(24)9-13/h3-9,15,20,25,28H,2,10-11H2,1H3. The number of rotatable bonds is 6. The van der Waals surface area contributed by atoms with Gasteiger partial charge in [0.25, 0.3) is 0 Å². The Kier molecular flexibility index (Phi) is 6.26. The van der Waals surface area contributed by atoms with Crippen molar-refractivity contribution < 1.29 is 22.8 Å². The van der Waals surface area contributed by atoms with Crippen molar-refractivity contribution >= 4 is 28.5 Å². The molecule has 2 aromatic carbocycles. The largest absolute Gasteiger partial charge is 0.494 e. The molecule has 2 unspecified atom stereocenters. The van der Waals surface area contributed by atoms with Crippen molar-refractivity contribution in [2.45, 2.75) is 18.8 Å². The van der Waals surface area contributed by atoms with Crippen LogP contribution in [0.5, 0.6) is 5.75 Å². The highest BCUT2D eigenvalue weighted by Gasteiger charge is 2.42. The number of halogens is 2. The van der Waals surface area contributed by atoms with Gasteiger partial charge in [-0.1, -0.05) is 29.1 Å². The molecule has 0 radical (unpaired) electrons. The van der Waals surface area contributed by atoms with Crippen molar-refractivity contribution in [2.24, 2.45) is 10.9 Å². The minimum absolute atomic E-state index is 0.194. The molecule has 9 nitrogen and oxygen atoms in total. The van der Waals surface area contributed by atoms with Crippen LogP contribution in [0.25, 0.3) is 11.4 Å². The van der Waals surface area contributed by atoms with Crippen molar-refractivity contribution in [1.82, 2.24) is 21.0 Å². The highest BCUT2D eigenvalue weighted by molar-refractivity contribution is 8.13. The number of carbonyl (C=O) groups is 1. The normalized spacial score (nSPS) is 19.8. The van der Waals surface area contributed by atoms with Crippen LogP contribution < -0.4 is 20.5 Å². The van der Waals surface area contributed by atoms with Crippen molar-refractivity contribution in [3.05, 3.63) is 60.0 Å². The van der Waals surface area contributed by atoms with E-state index < -0.39 is 23.7 Å². The maximum Gasteiger partial charge on any atom is 0.241 e. The van der Waals surface area contributed by atoms with Crippen LogP contribution in [0.2, 0.25) is 0 Å². The average molecular weight is 487 g/mol. The number of nitrogens with zero attached hydrogens (tertiary/aromatic N) is 4. The second-order valence-corrected chi connectivity index (χ2v) is 8.46. The minimum atomic E-state index is -1.05. The molecular weight excluding hydrogens is 466 g/mol. The first-order valence-electron chi connectivity index (χ1n) is 10.6. The van der Waals surface area contributed by atoms with E-state index in [4.69, 9.17) is 9.26 Å². The third kappa shape index (κ3) is 4.39. The molecule has 3 aromatic rings. The lowest BCUT2D eigenvalue weighted by atomic mass is 10.0. The van der Waals surface area contributed by atoms with E-state index in [1.165, 1.54) is 22.7 Å². The van der Waals surface area contributed by atoms with E-state index in [-0.39, 0.29) is 17.3 Å². The molecule has 5 rings (SSSR count). The van der Waals surface area contributed by atoms with Gasteiger partial charge in [-0.05, 0) is 31.2 Å². The molecule has 2 N–H and O–H groups in total. The summed E-state index contributed by atoms with van der Waals surface area (Å²) in [6, 6.07) is 10.7. The zero-order valence-corrected chi connectivity index (χ0v) is 18.8. The number of ether oxygens (including phenoxy) is 1. The number of benzene rings is 2. The third-order valence-electron chi connectivity index (χ3n) is 5.29. The molecule has 0 bridgehead atoms. The van der Waals surface area contributed by atoms with Crippen molar-refractivity contribution in [2.75, 3.05) is 18.1 Å². The van der Waals surface area contributed by atoms with Crippen LogP contribution in [0.15, 0.2) is 52.0 Å². The Hall–Kier alpha value is -3.35. The van der Waals surface area contributed by atoms with Gasteiger partial charge >= 0.3 is 0 Å². The number of nitrogens with one attached hydrogen (secondary N) is 2. The number of aliphatic imine (C=N–C) groups is 1. The van der Waals surface area contributed by atoms with Gasteiger partial charge in [-0.25, -0.2) is 19.2 Å². The van der Waals surface area contributed by atoms with Gasteiger partial charge in [0.05, 0.1) is 24.0 Å². The van der Waals surface area contributed by atoms with Crippen molar-refractivity contribution in [1.29, 1.82) is 0 Å². The van der Waals surface area contributed by atoms with E-state index in [1.54, 1.807) is 0 Å². The van der Waals surface area contributed by atoms with Crippen LogP contribution >= 0.6 is 11.8 Å². The summed E-state index contributed by atoms with van der Waals surface area (Å²) < 4.78 is 38.3. The van der Waals surface area contributed by atoms with E-state index in [1.807, 2.05) is 31.2 Å². The Morgan fingerprint density at radius 1 is 1.24 bits per heavy atom. The van der Waals surface area contributed by atoms with E-state index in [0.717, 1.165) is 17.7 Å². The summed E-state index contributed by atoms with van der Waals surface area (Å²) in [6.45, 7) is 2.82. The maximum atomic E-state index is 13.9. The van der Waals surface area contributed by atoms with Crippen molar-refractivity contribution in [3.8, 4) is 17.1 Å². The molecule has 12 heteroatoms. The molecular formula is C22H20F2N6O3S. The molecule has 0 aliphatic carbocycles. The summed E-state index contributed by atoms with van der Waals surface area (Å²) in [5.74, 6) is -1.14. The van der Waals surface area contributed by atoms with E-state index in [0.29, 0.717) is 35.8 Å². The molecule has 2 aliphatic heterocycles. The predicted molar refractivity (Wildman–Crippen MR) is 122 cm³/mol. The smallest absolute Gasteiger partial charge is 0.241 e. The van der Waals surface area contributed by atoms with Gasteiger partial charge in [0.15, 0.2) is 16.8 Å². The Balaban J connectivity index is 1.37. The molecule has 0 saturated carbocycles. The zero-order chi connectivity index (χ0) is 23.7. The Labute approximate surface area is 197 Å². The van der Waals surface area contributed by atoms with Gasteiger partial charge in [0, 0.05) is 18.2 Å². The first-order chi connectivity index (χ1) is 16.5. The molecule has 0 spiro atoms. The quantitative estimate of drug-likeness (QED) is 0.548. The van der Waals surface area contributed by atoms with Gasteiger partial charge in [-0.15, -0.1) is 0 Å². The van der Waals surface area contributed by atoms with Crippen LogP contribution in [-0.4, -0.2) is 40.5 Å². The fourth-order valence-corrected chi connectivity index (χ4v) is 4.56. The number of fused-ring (bicyclic) bond motifs is 1. The summed E-state index contributed by atoms with van der Waals surface area (Å²) in [4.78, 5) is 23.5. The predicted octanol–water partition coefficient (Wildman–Crippen LogP) is 3.10. The number of hydrazine groups is 1. The summed E-state index contributed by atoms with van der Waals surface area (Å²) in [6.07, 6.45) is -0.462. The van der Waals surface area contributed by atoms with Gasteiger partial charge < -0.3 is 9.26 Å². The van der Waals surface area contributed by atoms with E-state index >= 15 is 0 Å². The Morgan fingerprint density at radius 3 is 2.94 bits per heavy atom. The number of anilines is 1. The average Bonchev–Trinajstić information content (AvgIpc) is 3.50. The number of amidine groups is 1. The molecule has 34 heavy (non-hydrogen) atoms. The van der Waals surface area contributed by atoms with Gasteiger partial charge in [0.1, 0.15) is 11.9 Å². The highest BCUT2D eigenvalue weighted by atomic mass is 32.2. The first kappa shape index (κ1) is 22.4. The van der Waals surface area contributed by atoms with Crippen molar-refractivity contribution in [3.63, 3.8) is 0 Å². The van der Waals surface area contributed by atoms with E-state index in [2.05, 4.69) is 26.0 Å². The number of aromatic nitrogens is 2. The molecule has 176 valence electrons. The van der Waals surface area contributed by atoms with Crippen LogP contribution in [0.4, 0.5) is 14.5 Å². The molecule has 1 amide bonds. The first-order valence-corrected chi connectivity index (χ1v) is 11.6. The van der Waals surface area contributed by atoms with Gasteiger partial charge in [-0.3, -0.25) is 15.1 Å². The molecule has 1 aromatic heterocycles. The summed E-state index contributed by atoms with van der Waals surface area (Å²) >= 11 is 1.19. The fraction of sp³-hybridized carbons (Fsp3) is 0.273. The lowest BCUT2D eigenvalue weighted by Crippen LogP contribution is -2.49. The van der Waals surface area contributed by atoms with E-state index in [9.17, 15) is 13.6 Å². The lowest BCUT2D eigenvalue weighted by molar-refractivity contribution is -0.121. The number of hydrogen-bond acceptors (Lipinski definition) is 9. The SMILES string of the molecule is CCOc1cccc(-c2noc(CSC3=NC4NNCC4C(=O)N3c3ccc(F)c(F)c3)n2)c1. The topological polar surface area (TPSA) is 105 Å². The summed E-state index contributed by atoms with van der Waals surface area (Å²) in [5, 5.41) is 4.34. The second kappa shape index (κ2) is 9.49. The number of hydrogen-bond donors (Lipinski definition) is 2. The fourth-order valence-electron chi connectivity index (χ4n) is 3.68. The number of thioether (sulfide) groups is 1. The third-order valence-corrected chi connectivity index (χ3v) is 6.23. The van der Waals surface area contributed by atoms with Crippen LogP contribution in [0, 0.1) is 17.6 Å². The van der Waals surface area contributed by atoms with Crippen LogP contribution in [-0.2, 0) is 10.5 Å². The molecule has 2 aliphatic rings. The monoisotopic (exact) mass is 486 g/mol. The number of carbonyl (C=O) groups excluding carboxylic acids is 1. The molecule has 3 heterocycles. The Morgan fingerprint density at radius 2 is 2.12 bits per heavy atom. The van der Waals surface area contributed by atoms with Crippen LogP contribution in [0.3, 0.4) is 0 Å². The summed E-state index contributed by atoms with van der Waals surface area (Å²) in [7, 11) is 0. The Bertz CT molecular complexity index is 1250. The van der Waals surface area contributed by atoms with Crippen LogP contribution in [0.1, 0.15) is 12.8 Å². The highest BCUT2D eigenvalue weighted by Crippen LogP contribution is 2.31. The number of amides is 1.